The van der Waals surface area contributed by atoms with Gasteiger partial charge in [-0.05, 0) is 20.8 Å². The van der Waals surface area contributed by atoms with Crippen LogP contribution in [0.1, 0.15) is 38.1 Å². The molecule has 0 spiro atoms. The summed E-state index contributed by atoms with van der Waals surface area (Å²) in [6, 6.07) is 1.92. The SMILES string of the molecule is CC(C)(C)OC(=O)N1CC(c2cc(CN3CCNC(=O)C3)on2)C1. The Labute approximate surface area is 141 Å². The summed E-state index contributed by atoms with van der Waals surface area (Å²) in [5.41, 5.74) is 0.371. The minimum absolute atomic E-state index is 0.0352. The van der Waals surface area contributed by atoms with Crippen molar-refractivity contribution in [3.8, 4) is 0 Å². The average molecular weight is 336 g/mol. The lowest BCUT2D eigenvalue weighted by Crippen LogP contribution is -2.50. The van der Waals surface area contributed by atoms with Crippen molar-refractivity contribution in [1.82, 2.24) is 20.3 Å². The molecule has 2 amide bonds. The van der Waals surface area contributed by atoms with Crippen LogP contribution in [-0.4, -0.2) is 65.3 Å². The fourth-order valence-corrected chi connectivity index (χ4v) is 2.78. The Morgan fingerprint density at radius 1 is 1.46 bits per heavy atom. The van der Waals surface area contributed by atoms with E-state index in [1.54, 1.807) is 4.90 Å². The second-order valence-electron chi connectivity index (χ2n) is 7.36. The van der Waals surface area contributed by atoms with Crippen molar-refractivity contribution < 1.29 is 18.8 Å². The molecule has 132 valence electrons. The number of carbonyl (C=O) groups excluding carboxylic acids is 2. The Bertz CT molecular complexity index is 616. The first kappa shape index (κ1) is 16.8. The molecule has 2 fully saturated rings. The third kappa shape index (κ3) is 4.05. The number of hydrogen-bond donors (Lipinski definition) is 1. The van der Waals surface area contributed by atoms with E-state index < -0.39 is 5.60 Å². The first-order valence-corrected chi connectivity index (χ1v) is 8.22. The molecular formula is C16H24N4O4. The molecular weight excluding hydrogens is 312 g/mol. The molecule has 0 unspecified atom stereocenters. The molecule has 1 aromatic rings. The van der Waals surface area contributed by atoms with E-state index >= 15 is 0 Å². The van der Waals surface area contributed by atoms with Gasteiger partial charge in [0.25, 0.3) is 0 Å². The fourth-order valence-electron chi connectivity index (χ4n) is 2.78. The van der Waals surface area contributed by atoms with Crippen LogP contribution >= 0.6 is 0 Å². The molecule has 8 heteroatoms. The molecule has 2 aliphatic heterocycles. The van der Waals surface area contributed by atoms with Crippen LogP contribution in [-0.2, 0) is 16.1 Å². The molecule has 3 rings (SSSR count). The first-order valence-electron chi connectivity index (χ1n) is 8.22. The fraction of sp³-hybridized carbons (Fsp3) is 0.688. The summed E-state index contributed by atoms with van der Waals surface area (Å²) < 4.78 is 10.7. The number of piperazine rings is 1. The molecule has 0 aromatic carbocycles. The van der Waals surface area contributed by atoms with Gasteiger partial charge in [-0.25, -0.2) is 4.79 Å². The monoisotopic (exact) mass is 336 g/mol. The number of likely N-dealkylation sites (tertiary alicyclic amines) is 1. The van der Waals surface area contributed by atoms with Gasteiger partial charge in [0.2, 0.25) is 5.91 Å². The summed E-state index contributed by atoms with van der Waals surface area (Å²) in [5.74, 6) is 0.961. The van der Waals surface area contributed by atoms with Gasteiger partial charge >= 0.3 is 6.09 Å². The Morgan fingerprint density at radius 3 is 2.88 bits per heavy atom. The van der Waals surface area contributed by atoms with Crippen LogP contribution in [0, 0.1) is 0 Å². The van der Waals surface area contributed by atoms with Crippen LogP contribution < -0.4 is 5.32 Å². The molecule has 3 heterocycles. The van der Waals surface area contributed by atoms with Gasteiger partial charge in [0.1, 0.15) is 5.60 Å². The van der Waals surface area contributed by atoms with Gasteiger partial charge in [-0.15, -0.1) is 0 Å². The molecule has 0 atom stereocenters. The highest BCUT2D eigenvalue weighted by Crippen LogP contribution is 2.28. The summed E-state index contributed by atoms with van der Waals surface area (Å²) in [6.45, 7) is 9.16. The number of aromatic nitrogens is 1. The lowest BCUT2D eigenvalue weighted by molar-refractivity contribution is -0.124. The molecule has 1 aromatic heterocycles. The minimum atomic E-state index is -0.482. The molecule has 2 aliphatic rings. The van der Waals surface area contributed by atoms with E-state index in [1.165, 1.54) is 0 Å². The van der Waals surface area contributed by atoms with E-state index in [4.69, 9.17) is 9.26 Å². The molecule has 0 radical (unpaired) electrons. The van der Waals surface area contributed by atoms with Crippen molar-refractivity contribution in [2.45, 2.75) is 38.8 Å². The number of ether oxygens (including phenoxy) is 1. The predicted octanol–water partition coefficient (Wildman–Crippen LogP) is 0.941. The average Bonchev–Trinajstić information content (AvgIpc) is 2.83. The highest BCUT2D eigenvalue weighted by molar-refractivity contribution is 5.78. The quantitative estimate of drug-likeness (QED) is 0.884. The van der Waals surface area contributed by atoms with Gasteiger partial charge < -0.3 is 19.5 Å². The van der Waals surface area contributed by atoms with Crippen LogP contribution in [0.5, 0.6) is 0 Å². The predicted molar refractivity (Wildman–Crippen MR) is 85.3 cm³/mol. The molecule has 0 saturated carbocycles. The smallest absolute Gasteiger partial charge is 0.410 e. The minimum Gasteiger partial charge on any atom is -0.444 e. The summed E-state index contributed by atoms with van der Waals surface area (Å²) in [7, 11) is 0. The van der Waals surface area contributed by atoms with Crippen molar-refractivity contribution in [2.24, 2.45) is 0 Å². The highest BCUT2D eigenvalue weighted by Gasteiger charge is 2.36. The normalized spacial score (nSPS) is 19.8. The highest BCUT2D eigenvalue weighted by atomic mass is 16.6. The molecule has 24 heavy (non-hydrogen) atoms. The van der Waals surface area contributed by atoms with Crippen LogP contribution in [0.2, 0.25) is 0 Å². The van der Waals surface area contributed by atoms with Crippen LogP contribution in [0.15, 0.2) is 10.6 Å². The number of nitrogens with zero attached hydrogens (tertiary/aromatic N) is 3. The Hall–Kier alpha value is -2.09. The zero-order valence-corrected chi connectivity index (χ0v) is 14.4. The first-order chi connectivity index (χ1) is 11.3. The van der Waals surface area contributed by atoms with Crippen LogP contribution in [0.3, 0.4) is 0 Å². The second-order valence-corrected chi connectivity index (χ2v) is 7.36. The van der Waals surface area contributed by atoms with Crippen molar-refractivity contribution >= 4 is 12.0 Å². The lowest BCUT2D eigenvalue weighted by atomic mass is 9.97. The molecule has 0 bridgehead atoms. The Balaban J connectivity index is 1.49. The van der Waals surface area contributed by atoms with E-state index in [9.17, 15) is 9.59 Å². The number of hydrogen-bond acceptors (Lipinski definition) is 6. The third-order valence-corrected chi connectivity index (χ3v) is 4.03. The van der Waals surface area contributed by atoms with Crippen molar-refractivity contribution in [1.29, 1.82) is 0 Å². The van der Waals surface area contributed by atoms with Gasteiger partial charge in [-0.2, -0.15) is 0 Å². The van der Waals surface area contributed by atoms with Crippen molar-refractivity contribution in [2.75, 3.05) is 32.7 Å². The van der Waals surface area contributed by atoms with Gasteiger partial charge in [-0.3, -0.25) is 9.69 Å². The molecule has 0 aliphatic carbocycles. The van der Waals surface area contributed by atoms with E-state index in [0.29, 0.717) is 32.7 Å². The maximum Gasteiger partial charge on any atom is 0.410 e. The van der Waals surface area contributed by atoms with Crippen LogP contribution in [0.4, 0.5) is 4.79 Å². The van der Waals surface area contributed by atoms with E-state index in [1.807, 2.05) is 31.7 Å². The third-order valence-electron chi connectivity index (χ3n) is 4.03. The zero-order chi connectivity index (χ0) is 17.3. The number of carbonyl (C=O) groups is 2. The summed E-state index contributed by atoms with van der Waals surface area (Å²) in [6.07, 6.45) is -0.290. The number of amides is 2. The van der Waals surface area contributed by atoms with Gasteiger partial charge in [0.15, 0.2) is 5.76 Å². The summed E-state index contributed by atoms with van der Waals surface area (Å²) in [4.78, 5) is 27.0. The maximum atomic E-state index is 11.9. The zero-order valence-electron chi connectivity index (χ0n) is 14.4. The topological polar surface area (TPSA) is 87.9 Å². The van der Waals surface area contributed by atoms with Crippen molar-refractivity contribution in [3.05, 3.63) is 17.5 Å². The molecule has 1 N–H and O–H groups in total. The number of nitrogens with one attached hydrogen (secondary N) is 1. The largest absolute Gasteiger partial charge is 0.444 e. The number of rotatable bonds is 3. The molecule has 8 nitrogen and oxygen atoms in total. The standard InChI is InChI=1S/C16H24N4O4/c1-16(2,3)23-15(22)20-7-11(8-20)13-6-12(24-18-13)9-19-5-4-17-14(21)10-19/h6,11H,4-5,7-10H2,1-3H3,(H,17,21). The lowest BCUT2D eigenvalue weighted by Gasteiger charge is -2.38. The summed E-state index contributed by atoms with van der Waals surface area (Å²) in [5, 5.41) is 6.90. The van der Waals surface area contributed by atoms with Crippen molar-refractivity contribution in [3.63, 3.8) is 0 Å². The molecule has 2 saturated heterocycles. The van der Waals surface area contributed by atoms with E-state index in [0.717, 1.165) is 18.0 Å². The van der Waals surface area contributed by atoms with E-state index in [-0.39, 0.29) is 17.9 Å². The Kier molecular flexibility index (Phi) is 4.49. The Morgan fingerprint density at radius 2 is 2.21 bits per heavy atom. The van der Waals surface area contributed by atoms with E-state index in [2.05, 4.69) is 10.5 Å². The van der Waals surface area contributed by atoms with Gasteiger partial charge in [0.05, 0.1) is 18.8 Å². The summed E-state index contributed by atoms with van der Waals surface area (Å²) >= 11 is 0. The van der Waals surface area contributed by atoms with Gasteiger partial charge in [-0.1, -0.05) is 5.16 Å². The van der Waals surface area contributed by atoms with Gasteiger partial charge in [0, 0.05) is 38.2 Å². The second kappa shape index (κ2) is 6.43. The maximum absolute atomic E-state index is 11.9. The van der Waals surface area contributed by atoms with Crippen LogP contribution in [0.25, 0.3) is 0 Å².